The molecule has 0 radical (unpaired) electrons. The summed E-state index contributed by atoms with van der Waals surface area (Å²) in [5.74, 6) is -2.47. The summed E-state index contributed by atoms with van der Waals surface area (Å²) in [5.41, 5.74) is 0. The highest BCUT2D eigenvalue weighted by Crippen LogP contribution is 2.71. The van der Waals surface area contributed by atoms with E-state index in [1.807, 2.05) is 0 Å². The second kappa shape index (κ2) is 11.2. The van der Waals surface area contributed by atoms with E-state index in [9.17, 15) is 23.5 Å². The van der Waals surface area contributed by atoms with Crippen LogP contribution in [0, 0.1) is 0 Å². The van der Waals surface area contributed by atoms with Crippen LogP contribution in [0.4, 0.5) is 0 Å². The van der Waals surface area contributed by atoms with E-state index in [1.54, 1.807) is 27.7 Å². The van der Waals surface area contributed by atoms with Crippen LogP contribution in [-0.4, -0.2) is 54.7 Å². The van der Waals surface area contributed by atoms with E-state index in [0.29, 0.717) is 5.06 Å². The standard InChI is InChI=1S/C15H27NO10P2/c1-5-22-27(20,23-6-2)15(28(21,24-7-3)25-8-4)11-14(19)26-16-12(17)9-10-13(16)18/h15H,5-11H2,1-4H3. The topological polar surface area (TPSA) is 135 Å². The van der Waals surface area contributed by atoms with Gasteiger partial charge in [0.15, 0.2) is 5.40 Å². The lowest BCUT2D eigenvalue weighted by Gasteiger charge is -2.30. The fourth-order valence-electron chi connectivity index (χ4n) is 2.48. The van der Waals surface area contributed by atoms with Gasteiger partial charge in [0, 0.05) is 12.8 Å². The summed E-state index contributed by atoms with van der Waals surface area (Å²) in [5, 5.41) is -1.28. The van der Waals surface area contributed by atoms with E-state index in [-0.39, 0.29) is 39.3 Å². The van der Waals surface area contributed by atoms with Crippen LogP contribution in [0.2, 0.25) is 0 Å². The van der Waals surface area contributed by atoms with Crippen molar-refractivity contribution in [1.82, 2.24) is 5.06 Å². The normalized spacial score (nSPS) is 15.5. The molecule has 1 aliphatic rings. The van der Waals surface area contributed by atoms with Gasteiger partial charge in [-0.2, -0.15) is 0 Å². The molecule has 1 saturated heterocycles. The first kappa shape index (κ1) is 24.9. The molecule has 11 nitrogen and oxygen atoms in total. The van der Waals surface area contributed by atoms with Gasteiger partial charge < -0.3 is 22.9 Å². The minimum absolute atomic E-state index is 0.0514. The van der Waals surface area contributed by atoms with Gasteiger partial charge in [0.2, 0.25) is 0 Å². The van der Waals surface area contributed by atoms with Crippen molar-refractivity contribution in [3.63, 3.8) is 0 Å². The Morgan fingerprint density at radius 3 is 1.54 bits per heavy atom. The maximum absolute atomic E-state index is 13.3. The van der Waals surface area contributed by atoms with Crippen LogP contribution in [0.1, 0.15) is 47.0 Å². The first-order valence-corrected chi connectivity index (χ1v) is 12.2. The Hall–Kier alpha value is -1.09. The molecule has 1 rings (SSSR count). The summed E-state index contributed by atoms with van der Waals surface area (Å²) in [6.07, 6.45) is -0.934. The van der Waals surface area contributed by atoms with Gasteiger partial charge in [-0.15, -0.1) is 5.06 Å². The Labute approximate surface area is 164 Å². The average Bonchev–Trinajstić information content (AvgIpc) is 2.92. The molecule has 0 aromatic heterocycles. The number of imide groups is 1. The first-order valence-electron chi connectivity index (χ1n) is 9.01. The van der Waals surface area contributed by atoms with Gasteiger partial charge in [-0.05, 0) is 27.7 Å². The van der Waals surface area contributed by atoms with Gasteiger partial charge in [-0.25, -0.2) is 4.79 Å². The summed E-state index contributed by atoms with van der Waals surface area (Å²) in [7, 11) is -8.28. The minimum Gasteiger partial charge on any atom is -0.330 e. The van der Waals surface area contributed by atoms with Crippen molar-refractivity contribution in [3.05, 3.63) is 0 Å². The van der Waals surface area contributed by atoms with Crippen LogP contribution in [0.15, 0.2) is 0 Å². The third kappa shape index (κ3) is 6.20. The van der Waals surface area contributed by atoms with E-state index in [0.717, 1.165) is 0 Å². The van der Waals surface area contributed by atoms with Gasteiger partial charge in [0.1, 0.15) is 0 Å². The van der Waals surface area contributed by atoms with Crippen molar-refractivity contribution in [3.8, 4) is 0 Å². The summed E-state index contributed by atoms with van der Waals surface area (Å²) < 4.78 is 47.5. The van der Waals surface area contributed by atoms with Crippen LogP contribution >= 0.6 is 15.2 Å². The zero-order valence-corrected chi connectivity index (χ0v) is 18.2. The smallest absolute Gasteiger partial charge is 0.330 e. The van der Waals surface area contributed by atoms with Crippen molar-refractivity contribution in [2.45, 2.75) is 52.4 Å². The van der Waals surface area contributed by atoms with Gasteiger partial charge in [0.25, 0.3) is 11.8 Å². The summed E-state index contributed by atoms with van der Waals surface area (Å²) in [6.45, 7) is 6.00. The van der Waals surface area contributed by atoms with Crippen molar-refractivity contribution >= 4 is 33.0 Å². The average molecular weight is 443 g/mol. The Morgan fingerprint density at radius 2 is 1.21 bits per heavy atom. The molecule has 0 saturated carbocycles. The Bertz CT molecular complexity index is 601. The molecule has 0 aromatic carbocycles. The molecule has 0 aromatic rings. The fraction of sp³-hybridized carbons (Fsp3) is 0.800. The number of carbonyl (C=O) groups is 3. The van der Waals surface area contributed by atoms with Gasteiger partial charge in [-0.1, -0.05) is 0 Å². The number of rotatable bonds is 13. The first-order chi connectivity index (χ1) is 13.2. The van der Waals surface area contributed by atoms with Crippen LogP contribution in [0.25, 0.3) is 0 Å². The molecule has 1 heterocycles. The second-order valence-electron chi connectivity index (χ2n) is 5.48. The molecule has 0 spiro atoms. The maximum Gasteiger partial charge on any atom is 0.346 e. The SMILES string of the molecule is CCOP(=O)(OCC)C(CC(=O)ON1C(=O)CCC1=O)P(=O)(OCC)OCC. The summed E-state index contributed by atoms with van der Waals surface area (Å²) >= 11 is 0. The van der Waals surface area contributed by atoms with Crippen molar-refractivity contribution in [2.75, 3.05) is 26.4 Å². The lowest BCUT2D eigenvalue weighted by Crippen LogP contribution is -2.33. The molecule has 0 bridgehead atoms. The van der Waals surface area contributed by atoms with Crippen LogP contribution in [0.3, 0.4) is 0 Å². The van der Waals surface area contributed by atoms with Crippen molar-refractivity contribution in [1.29, 1.82) is 0 Å². The number of hydrogen-bond acceptors (Lipinski definition) is 10. The quantitative estimate of drug-likeness (QED) is 0.309. The zero-order chi connectivity index (χ0) is 21.4. The van der Waals surface area contributed by atoms with Gasteiger partial charge in [0.05, 0.1) is 32.8 Å². The van der Waals surface area contributed by atoms with Crippen molar-refractivity contribution < 1.29 is 46.4 Å². The van der Waals surface area contributed by atoms with E-state index >= 15 is 0 Å². The molecular weight excluding hydrogens is 416 g/mol. The minimum atomic E-state index is -4.14. The predicted molar refractivity (Wildman–Crippen MR) is 97.3 cm³/mol. The number of carbonyl (C=O) groups excluding carboxylic acids is 3. The fourth-order valence-corrected chi connectivity index (χ4v) is 7.69. The maximum atomic E-state index is 13.3. The number of amides is 2. The Balaban J connectivity index is 3.19. The summed E-state index contributed by atoms with van der Waals surface area (Å²) in [4.78, 5) is 40.4. The highest BCUT2D eigenvalue weighted by Gasteiger charge is 2.52. The second-order valence-corrected chi connectivity index (χ2v) is 10.3. The number of nitrogens with zero attached hydrogens (tertiary/aromatic N) is 1. The molecule has 0 N–H and O–H groups in total. The molecule has 1 fully saturated rings. The molecule has 0 aliphatic carbocycles. The predicted octanol–water partition coefficient (Wildman–Crippen LogP) is 2.84. The lowest BCUT2D eigenvalue weighted by molar-refractivity contribution is -0.197. The Kier molecular flexibility index (Phi) is 9.97. The summed E-state index contributed by atoms with van der Waals surface area (Å²) in [6, 6.07) is 0. The highest BCUT2D eigenvalue weighted by atomic mass is 31.2. The Morgan fingerprint density at radius 1 is 0.857 bits per heavy atom. The van der Waals surface area contributed by atoms with E-state index in [1.165, 1.54) is 0 Å². The monoisotopic (exact) mass is 443 g/mol. The molecule has 13 heteroatoms. The van der Waals surface area contributed by atoms with Crippen LogP contribution in [0.5, 0.6) is 0 Å². The molecule has 0 atom stereocenters. The molecule has 2 amide bonds. The number of hydrogen-bond donors (Lipinski definition) is 0. The van der Waals surface area contributed by atoms with Crippen LogP contribution in [-0.2, 0) is 46.4 Å². The molecule has 1 aliphatic heterocycles. The third-order valence-electron chi connectivity index (χ3n) is 3.51. The van der Waals surface area contributed by atoms with Gasteiger partial charge in [-0.3, -0.25) is 18.7 Å². The largest absolute Gasteiger partial charge is 0.346 e. The van der Waals surface area contributed by atoms with E-state index in [2.05, 4.69) is 0 Å². The van der Waals surface area contributed by atoms with Crippen LogP contribution < -0.4 is 0 Å². The lowest BCUT2D eigenvalue weighted by atomic mass is 10.4. The molecular formula is C15H27NO10P2. The number of hydroxylamine groups is 2. The zero-order valence-electron chi connectivity index (χ0n) is 16.5. The van der Waals surface area contributed by atoms with Gasteiger partial charge >= 0.3 is 21.2 Å². The van der Waals surface area contributed by atoms with E-state index < -0.39 is 44.8 Å². The molecule has 28 heavy (non-hydrogen) atoms. The van der Waals surface area contributed by atoms with Crippen molar-refractivity contribution in [2.24, 2.45) is 0 Å². The van der Waals surface area contributed by atoms with E-state index in [4.69, 9.17) is 22.9 Å². The molecule has 162 valence electrons. The highest BCUT2D eigenvalue weighted by molar-refractivity contribution is 7.72. The third-order valence-corrected chi connectivity index (χ3v) is 9.51. The molecule has 0 unspecified atom stereocenters.